The van der Waals surface area contributed by atoms with Gasteiger partial charge in [0, 0.05) is 6.54 Å². The number of nitriles is 1. The first-order valence-electron chi connectivity index (χ1n) is 3.99. The number of carbonyl (C=O) groups excluding carboxylic acids is 1. The molecular formula is C8H10N2O. The Bertz CT molecular complexity index is 239. The molecule has 1 atom stereocenters. The molecular weight excluding hydrogens is 140 g/mol. The highest BCUT2D eigenvalue weighted by atomic mass is 16.2. The lowest BCUT2D eigenvalue weighted by atomic mass is 9.83. The monoisotopic (exact) mass is 150 g/mol. The summed E-state index contributed by atoms with van der Waals surface area (Å²) in [5.74, 6) is 0.317. The van der Waals surface area contributed by atoms with Crippen LogP contribution in [0.3, 0.4) is 0 Å². The van der Waals surface area contributed by atoms with Gasteiger partial charge in [0.25, 0.3) is 0 Å². The van der Waals surface area contributed by atoms with Crippen molar-refractivity contribution >= 4 is 5.91 Å². The summed E-state index contributed by atoms with van der Waals surface area (Å²) in [5.41, 5.74) is -0.639. The van der Waals surface area contributed by atoms with E-state index in [1.807, 2.05) is 0 Å². The molecule has 58 valence electrons. The molecule has 1 aliphatic carbocycles. The molecule has 0 bridgehead atoms. The Morgan fingerprint density at radius 1 is 1.64 bits per heavy atom. The first-order valence-corrected chi connectivity index (χ1v) is 3.99. The minimum atomic E-state index is -0.639. The first-order chi connectivity index (χ1) is 5.29. The molecule has 3 nitrogen and oxygen atoms in total. The van der Waals surface area contributed by atoms with Crippen LogP contribution in [0.15, 0.2) is 0 Å². The summed E-state index contributed by atoms with van der Waals surface area (Å²) in [7, 11) is 0. The van der Waals surface area contributed by atoms with Gasteiger partial charge in [-0.25, -0.2) is 0 Å². The zero-order valence-corrected chi connectivity index (χ0v) is 6.26. The lowest BCUT2D eigenvalue weighted by Crippen LogP contribution is -2.31. The SMILES string of the molecule is N#C[C@]1(C2CC2)CCNC1=O. The Morgan fingerprint density at radius 3 is 2.73 bits per heavy atom. The van der Waals surface area contributed by atoms with Crippen LogP contribution in [0.4, 0.5) is 0 Å². The van der Waals surface area contributed by atoms with E-state index in [1.165, 1.54) is 0 Å². The largest absolute Gasteiger partial charge is 0.355 e. The molecule has 1 saturated carbocycles. The highest BCUT2D eigenvalue weighted by Gasteiger charge is 2.53. The Morgan fingerprint density at radius 2 is 2.36 bits per heavy atom. The van der Waals surface area contributed by atoms with Crippen molar-refractivity contribution in [3.63, 3.8) is 0 Å². The molecule has 0 unspecified atom stereocenters. The normalized spacial score (nSPS) is 36.5. The zero-order valence-electron chi connectivity index (χ0n) is 6.26. The van der Waals surface area contributed by atoms with Crippen molar-refractivity contribution in [1.29, 1.82) is 5.26 Å². The van der Waals surface area contributed by atoms with E-state index >= 15 is 0 Å². The van der Waals surface area contributed by atoms with Crippen LogP contribution < -0.4 is 5.32 Å². The summed E-state index contributed by atoms with van der Waals surface area (Å²) < 4.78 is 0. The number of carbonyl (C=O) groups is 1. The Balaban J connectivity index is 2.28. The molecule has 3 heteroatoms. The third-order valence-corrected chi connectivity index (χ3v) is 2.68. The van der Waals surface area contributed by atoms with E-state index in [2.05, 4.69) is 11.4 Å². The van der Waals surface area contributed by atoms with Gasteiger partial charge < -0.3 is 5.32 Å². The van der Waals surface area contributed by atoms with E-state index in [0.717, 1.165) is 12.8 Å². The molecule has 0 aromatic heterocycles. The van der Waals surface area contributed by atoms with Gasteiger partial charge in [-0.3, -0.25) is 4.79 Å². The first kappa shape index (κ1) is 6.66. The van der Waals surface area contributed by atoms with Gasteiger partial charge in [-0.2, -0.15) is 5.26 Å². The second-order valence-corrected chi connectivity index (χ2v) is 3.36. The molecule has 2 aliphatic rings. The molecule has 1 amide bonds. The van der Waals surface area contributed by atoms with Crippen molar-refractivity contribution in [1.82, 2.24) is 5.32 Å². The summed E-state index contributed by atoms with van der Waals surface area (Å²) in [5, 5.41) is 11.6. The number of hydrogen-bond donors (Lipinski definition) is 1. The molecule has 2 fully saturated rings. The minimum absolute atomic E-state index is 0.0394. The number of amides is 1. The quantitative estimate of drug-likeness (QED) is 0.589. The molecule has 11 heavy (non-hydrogen) atoms. The van der Waals surface area contributed by atoms with Crippen molar-refractivity contribution in [2.24, 2.45) is 11.3 Å². The van der Waals surface area contributed by atoms with E-state index in [9.17, 15) is 4.79 Å². The van der Waals surface area contributed by atoms with Gasteiger partial charge in [0.1, 0.15) is 5.41 Å². The zero-order chi connectivity index (χ0) is 7.90. The van der Waals surface area contributed by atoms with E-state index < -0.39 is 5.41 Å². The van der Waals surface area contributed by atoms with Gasteiger partial charge in [-0.15, -0.1) is 0 Å². The molecule has 1 heterocycles. The molecule has 2 rings (SSSR count). The molecule has 0 spiro atoms. The maximum Gasteiger partial charge on any atom is 0.240 e. The van der Waals surface area contributed by atoms with Crippen LogP contribution in [-0.4, -0.2) is 12.5 Å². The third kappa shape index (κ3) is 0.756. The fourth-order valence-electron chi connectivity index (χ4n) is 1.81. The predicted octanol–water partition coefficient (Wildman–Crippen LogP) is 0.426. The fraction of sp³-hybridized carbons (Fsp3) is 0.750. The van der Waals surface area contributed by atoms with E-state index in [1.54, 1.807) is 0 Å². The molecule has 1 saturated heterocycles. The van der Waals surface area contributed by atoms with Crippen molar-refractivity contribution in [3.8, 4) is 6.07 Å². The van der Waals surface area contributed by atoms with Crippen molar-refractivity contribution in [2.75, 3.05) is 6.54 Å². The molecule has 0 aromatic carbocycles. The summed E-state index contributed by atoms with van der Waals surface area (Å²) in [6.07, 6.45) is 2.83. The highest BCUT2D eigenvalue weighted by molar-refractivity contribution is 5.88. The molecule has 0 radical (unpaired) electrons. The van der Waals surface area contributed by atoms with Gasteiger partial charge in [0.15, 0.2) is 0 Å². The van der Waals surface area contributed by atoms with Crippen LogP contribution in [0.5, 0.6) is 0 Å². The van der Waals surface area contributed by atoms with Crippen LogP contribution in [0, 0.1) is 22.7 Å². The van der Waals surface area contributed by atoms with Gasteiger partial charge in [0.2, 0.25) is 5.91 Å². The topological polar surface area (TPSA) is 52.9 Å². The average Bonchev–Trinajstić information content (AvgIpc) is 2.78. The second kappa shape index (κ2) is 1.97. The van der Waals surface area contributed by atoms with Crippen LogP contribution in [0.2, 0.25) is 0 Å². The van der Waals surface area contributed by atoms with Crippen LogP contribution in [0.25, 0.3) is 0 Å². The summed E-state index contributed by atoms with van der Waals surface area (Å²) in [4.78, 5) is 11.3. The average molecular weight is 150 g/mol. The molecule has 1 N–H and O–H groups in total. The third-order valence-electron chi connectivity index (χ3n) is 2.68. The molecule has 0 aromatic rings. The van der Waals surface area contributed by atoms with Crippen LogP contribution in [0.1, 0.15) is 19.3 Å². The molecule has 1 aliphatic heterocycles. The number of nitrogens with zero attached hydrogens (tertiary/aromatic N) is 1. The summed E-state index contributed by atoms with van der Waals surface area (Å²) in [6.45, 7) is 0.683. The van der Waals surface area contributed by atoms with Crippen molar-refractivity contribution in [3.05, 3.63) is 0 Å². The summed E-state index contributed by atoms with van der Waals surface area (Å²) in [6, 6.07) is 2.18. The van der Waals surface area contributed by atoms with Crippen LogP contribution >= 0.6 is 0 Å². The smallest absolute Gasteiger partial charge is 0.240 e. The van der Waals surface area contributed by atoms with E-state index in [4.69, 9.17) is 5.26 Å². The van der Waals surface area contributed by atoms with Gasteiger partial charge in [0.05, 0.1) is 6.07 Å². The second-order valence-electron chi connectivity index (χ2n) is 3.36. The highest BCUT2D eigenvalue weighted by Crippen LogP contribution is 2.49. The predicted molar refractivity (Wildman–Crippen MR) is 38.4 cm³/mol. The van der Waals surface area contributed by atoms with Gasteiger partial charge in [-0.05, 0) is 25.2 Å². The van der Waals surface area contributed by atoms with Crippen molar-refractivity contribution < 1.29 is 4.79 Å². The minimum Gasteiger partial charge on any atom is -0.355 e. The number of hydrogen-bond acceptors (Lipinski definition) is 2. The van der Waals surface area contributed by atoms with Gasteiger partial charge in [-0.1, -0.05) is 0 Å². The van der Waals surface area contributed by atoms with Crippen LogP contribution in [-0.2, 0) is 4.79 Å². The van der Waals surface area contributed by atoms with E-state index in [0.29, 0.717) is 18.9 Å². The van der Waals surface area contributed by atoms with Crippen molar-refractivity contribution in [2.45, 2.75) is 19.3 Å². The van der Waals surface area contributed by atoms with E-state index in [-0.39, 0.29) is 5.91 Å². The Hall–Kier alpha value is -1.04. The number of nitrogens with one attached hydrogen (secondary N) is 1. The number of rotatable bonds is 1. The lowest BCUT2D eigenvalue weighted by Gasteiger charge is -2.14. The maximum atomic E-state index is 11.3. The van der Waals surface area contributed by atoms with Gasteiger partial charge >= 0.3 is 0 Å². The maximum absolute atomic E-state index is 11.3. The standard InChI is InChI=1S/C8H10N2O/c9-5-8(6-1-2-6)3-4-10-7(8)11/h6H,1-4H2,(H,10,11)/t8-/m0/s1. The Labute approximate surface area is 65.4 Å². The fourth-order valence-corrected chi connectivity index (χ4v) is 1.81. The lowest BCUT2D eigenvalue weighted by molar-refractivity contribution is -0.125. The summed E-state index contributed by atoms with van der Waals surface area (Å²) >= 11 is 0. The Kier molecular flexibility index (Phi) is 1.19.